The second-order valence-corrected chi connectivity index (χ2v) is 4.13. The summed E-state index contributed by atoms with van der Waals surface area (Å²) in [6.07, 6.45) is 1.04. The van der Waals surface area contributed by atoms with Crippen molar-refractivity contribution in [2.75, 3.05) is 6.54 Å². The van der Waals surface area contributed by atoms with E-state index in [0.29, 0.717) is 13.2 Å². The molecule has 0 radical (unpaired) electrons. The molecule has 0 aliphatic rings. The smallest absolute Gasteiger partial charge is 0.143 e. The molecule has 1 heterocycles. The largest absolute Gasteiger partial charge is 0.372 e. The molecular formula is C8H15N3OS. The lowest BCUT2D eigenvalue weighted by Gasteiger charge is -2.03. The predicted molar refractivity (Wildman–Crippen MR) is 52.6 cm³/mol. The minimum atomic E-state index is 0.238. The topological polar surface area (TPSA) is 61.0 Å². The van der Waals surface area contributed by atoms with Gasteiger partial charge in [-0.05, 0) is 20.4 Å². The first kappa shape index (κ1) is 10.6. The molecule has 0 aliphatic carbocycles. The van der Waals surface area contributed by atoms with Gasteiger partial charge in [0.25, 0.3) is 0 Å². The molecular weight excluding hydrogens is 186 g/mol. The number of hydrogen-bond donors (Lipinski definition) is 1. The van der Waals surface area contributed by atoms with Gasteiger partial charge < -0.3 is 10.5 Å². The summed E-state index contributed by atoms with van der Waals surface area (Å²) in [6, 6.07) is 0. The molecule has 4 nitrogen and oxygen atoms in total. The zero-order chi connectivity index (χ0) is 9.68. The molecule has 0 atom stereocenters. The van der Waals surface area contributed by atoms with E-state index in [0.717, 1.165) is 16.4 Å². The Hall–Kier alpha value is -0.520. The maximum atomic E-state index is 5.40. The number of nitrogens with zero attached hydrogens (tertiary/aromatic N) is 2. The fraction of sp³-hybridized carbons (Fsp3) is 0.750. The third-order valence-corrected chi connectivity index (χ3v) is 2.36. The van der Waals surface area contributed by atoms with Gasteiger partial charge in [-0.3, -0.25) is 0 Å². The number of rotatable bonds is 5. The summed E-state index contributed by atoms with van der Waals surface area (Å²) in [6.45, 7) is 5.18. The molecule has 5 heteroatoms. The van der Waals surface area contributed by atoms with Crippen LogP contribution in [0.15, 0.2) is 0 Å². The van der Waals surface area contributed by atoms with E-state index in [1.807, 2.05) is 13.8 Å². The van der Waals surface area contributed by atoms with Crippen molar-refractivity contribution in [1.82, 2.24) is 10.2 Å². The van der Waals surface area contributed by atoms with Crippen molar-refractivity contribution < 1.29 is 4.74 Å². The Bertz CT molecular complexity index is 249. The Morgan fingerprint density at radius 1 is 1.38 bits per heavy atom. The van der Waals surface area contributed by atoms with E-state index < -0.39 is 0 Å². The molecule has 0 amide bonds. The zero-order valence-corrected chi connectivity index (χ0v) is 8.80. The highest BCUT2D eigenvalue weighted by Gasteiger charge is 2.03. The molecule has 2 N–H and O–H groups in total. The van der Waals surface area contributed by atoms with E-state index in [1.54, 1.807) is 11.3 Å². The summed E-state index contributed by atoms with van der Waals surface area (Å²) < 4.78 is 5.40. The highest BCUT2D eigenvalue weighted by atomic mass is 32.1. The van der Waals surface area contributed by atoms with Crippen LogP contribution in [0.2, 0.25) is 0 Å². The Morgan fingerprint density at radius 2 is 2.08 bits per heavy atom. The molecule has 0 saturated carbocycles. The van der Waals surface area contributed by atoms with Crippen LogP contribution in [0.5, 0.6) is 0 Å². The predicted octanol–water partition coefficient (Wildman–Crippen LogP) is 0.964. The van der Waals surface area contributed by atoms with E-state index in [1.165, 1.54) is 0 Å². The van der Waals surface area contributed by atoms with Crippen molar-refractivity contribution in [3.05, 3.63) is 10.0 Å². The van der Waals surface area contributed by atoms with E-state index >= 15 is 0 Å². The molecule has 0 unspecified atom stereocenters. The third-order valence-electron chi connectivity index (χ3n) is 1.41. The lowest BCUT2D eigenvalue weighted by Crippen LogP contribution is -2.01. The fourth-order valence-electron chi connectivity index (χ4n) is 0.809. The minimum Gasteiger partial charge on any atom is -0.372 e. The van der Waals surface area contributed by atoms with E-state index in [2.05, 4.69) is 10.2 Å². The maximum Gasteiger partial charge on any atom is 0.143 e. The van der Waals surface area contributed by atoms with Gasteiger partial charge in [0.15, 0.2) is 0 Å². The van der Waals surface area contributed by atoms with Gasteiger partial charge in [-0.15, -0.1) is 10.2 Å². The molecule has 1 rings (SSSR count). The molecule has 74 valence electrons. The van der Waals surface area contributed by atoms with Crippen LogP contribution in [0.1, 0.15) is 23.9 Å². The van der Waals surface area contributed by atoms with E-state index in [9.17, 15) is 0 Å². The van der Waals surface area contributed by atoms with Gasteiger partial charge in [0.05, 0.1) is 6.10 Å². The van der Waals surface area contributed by atoms with Gasteiger partial charge >= 0.3 is 0 Å². The number of hydrogen-bond acceptors (Lipinski definition) is 5. The fourth-order valence-corrected chi connectivity index (χ4v) is 1.59. The molecule has 0 spiro atoms. The van der Waals surface area contributed by atoms with Crippen LogP contribution in [-0.4, -0.2) is 22.8 Å². The number of nitrogens with two attached hydrogens (primary N) is 1. The van der Waals surface area contributed by atoms with Crippen molar-refractivity contribution in [2.45, 2.75) is 33.0 Å². The Balaban J connectivity index is 2.39. The number of ether oxygens (including phenoxy) is 1. The SMILES string of the molecule is CC(C)OCc1nnc(CCN)s1. The second kappa shape index (κ2) is 5.26. The summed E-state index contributed by atoms with van der Waals surface area (Å²) in [7, 11) is 0. The molecule has 0 aromatic carbocycles. The summed E-state index contributed by atoms with van der Waals surface area (Å²) in [5.74, 6) is 0. The normalized spacial score (nSPS) is 11.1. The van der Waals surface area contributed by atoms with Gasteiger partial charge in [0, 0.05) is 6.42 Å². The van der Waals surface area contributed by atoms with Gasteiger partial charge in [-0.2, -0.15) is 0 Å². The monoisotopic (exact) mass is 201 g/mol. The quantitative estimate of drug-likeness (QED) is 0.771. The lowest BCUT2D eigenvalue weighted by molar-refractivity contribution is 0.0652. The van der Waals surface area contributed by atoms with Crippen LogP contribution in [0.4, 0.5) is 0 Å². The van der Waals surface area contributed by atoms with Crippen molar-refractivity contribution in [3.63, 3.8) is 0 Å². The van der Waals surface area contributed by atoms with Crippen LogP contribution in [0.3, 0.4) is 0 Å². The molecule has 0 aliphatic heterocycles. The molecule has 1 aromatic heterocycles. The average Bonchev–Trinajstić information content (AvgIpc) is 2.50. The first-order chi connectivity index (χ1) is 6.22. The van der Waals surface area contributed by atoms with Crippen LogP contribution >= 0.6 is 11.3 Å². The lowest BCUT2D eigenvalue weighted by atomic mass is 10.5. The highest BCUT2D eigenvalue weighted by Crippen LogP contribution is 2.11. The molecule has 0 saturated heterocycles. The van der Waals surface area contributed by atoms with Crippen molar-refractivity contribution >= 4 is 11.3 Å². The first-order valence-electron chi connectivity index (χ1n) is 4.35. The van der Waals surface area contributed by atoms with Crippen LogP contribution in [-0.2, 0) is 17.8 Å². The highest BCUT2D eigenvalue weighted by molar-refractivity contribution is 7.11. The maximum absolute atomic E-state index is 5.40. The second-order valence-electron chi connectivity index (χ2n) is 2.99. The van der Waals surface area contributed by atoms with Crippen LogP contribution in [0.25, 0.3) is 0 Å². The first-order valence-corrected chi connectivity index (χ1v) is 5.17. The summed E-state index contributed by atoms with van der Waals surface area (Å²) in [4.78, 5) is 0. The van der Waals surface area contributed by atoms with Gasteiger partial charge in [0.2, 0.25) is 0 Å². The molecule has 13 heavy (non-hydrogen) atoms. The minimum absolute atomic E-state index is 0.238. The van der Waals surface area contributed by atoms with Crippen LogP contribution < -0.4 is 5.73 Å². The van der Waals surface area contributed by atoms with Crippen molar-refractivity contribution in [1.29, 1.82) is 0 Å². The van der Waals surface area contributed by atoms with Gasteiger partial charge in [-0.25, -0.2) is 0 Å². The van der Waals surface area contributed by atoms with Crippen LogP contribution in [0, 0.1) is 0 Å². The van der Waals surface area contributed by atoms with Gasteiger partial charge in [0.1, 0.15) is 16.6 Å². The van der Waals surface area contributed by atoms with E-state index in [-0.39, 0.29) is 6.10 Å². The Labute approximate surface area is 82.1 Å². The Morgan fingerprint density at radius 3 is 2.69 bits per heavy atom. The van der Waals surface area contributed by atoms with Crippen molar-refractivity contribution in [2.24, 2.45) is 5.73 Å². The summed E-state index contributed by atoms with van der Waals surface area (Å²) in [5, 5.41) is 9.91. The Kier molecular flexibility index (Phi) is 4.27. The summed E-state index contributed by atoms with van der Waals surface area (Å²) in [5.41, 5.74) is 5.40. The number of aromatic nitrogens is 2. The van der Waals surface area contributed by atoms with E-state index in [4.69, 9.17) is 10.5 Å². The molecule has 0 bridgehead atoms. The molecule has 0 fully saturated rings. The standard InChI is InChI=1S/C8H15N3OS/c1-6(2)12-5-8-11-10-7(13-8)3-4-9/h6H,3-5,9H2,1-2H3. The molecule has 1 aromatic rings. The van der Waals surface area contributed by atoms with Crippen molar-refractivity contribution in [3.8, 4) is 0 Å². The third kappa shape index (κ3) is 3.80. The van der Waals surface area contributed by atoms with Gasteiger partial charge in [-0.1, -0.05) is 11.3 Å². The average molecular weight is 201 g/mol. The summed E-state index contributed by atoms with van der Waals surface area (Å²) >= 11 is 1.57. The zero-order valence-electron chi connectivity index (χ0n) is 7.99.